The maximum atomic E-state index is 5.77. The van der Waals surface area contributed by atoms with E-state index in [2.05, 4.69) is 50.2 Å². The Hall–Kier alpha value is -0.850. The molecule has 6 nitrogen and oxygen atoms in total. The first-order valence-corrected chi connectivity index (χ1v) is 11.0. The average Bonchev–Trinajstić information content (AvgIpc) is 3.16. The molecule has 160 valence electrons. The molecule has 0 spiro atoms. The van der Waals surface area contributed by atoms with Gasteiger partial charge in [0.1, 0.15) is 0 Å². The van der Waals surface area contributed by atoms with Gasteiger partial charge >= 0.3 is 0 Å². The molecule has 2 atom stereocenters. The number of rotatable bonds is 14. The maximum Gasteiger partial charge on any atom is 0.191 e. The zero-order valence-electron chi connectivity index (χ0n) is 18.4. The van der Waals surface area contributed by atoms with Gasteiger partial charge in [0.2, 0.25) is 0 Å². The molecule has 0 aromatic rings. The van der Waals surface area contributed by atoms with Crippen LogP contribution in [0.5, 0.6) is 0 Å². The van der Waals surface area contributed by atoms with Gasteiger partial charge in [0, 0.05) is 38.3 Å². The van der Waals surface area contributed by atoms with Crippen molar-refractivity contribution in [2.45, 2.75) is 59.9 Å². The van der Waals surface area contributed by atoms with E-state index in [-0.39, 0.29) is 0 Å². The molecule has 0 aliphatic carbocycles. The van der Waals surface area contributed by atoms with Gasteiger partial charge in [-0.3, -0.25) is 9.89 Å². The smallest absolute Gasteiger partial charge is 0.191 e. The van der Waals surface area contributed by atoms with E-state index in [1.165, 1.54) is 6.42 Å². The molecular weight excluding hydrogens is 340 g/mol. The van der Waals surface area contributed by atoms with Crippen molar-refractivity contribution in [3.8, 4) is 0 Å². The minimum atomic E-state index is 0.507. The number of nitrogens with one attached hydrogen (secondary N) is 2. The number of ether oxygens (including phenoxy) is 2. The predicted octanol–water partition coefficient (Wildman–Crippen LogP) is 2.74. The fourth-order valence-corrected chi connectivity index (χ4v) is 3.51. The third kappa shape index (κ3) is 10.9. The fourth-order valence-electron chi connectivity index (χ4n) is 3.51. The van der Waals surface area contributed by atoms with Crippen LogP contribution in [0.1, 0.15) is 53.9 Å². The highest BCUT2D eigenvalue weighted by molar-refractivity contribution is 5.79. The van der Waals surface area contributed by atoms with Crippen LogP contribution in [-0.4, -0.2) is 76.1 Å². The first kappa shape index (κ1) is 24.2. The van der Waals surface area contributed by atoms with Gasteiger partial charge in [-0.2, -0.15) is 0 Å². The van der Waals surface area contributed by atoms with Gasteiger partial charge in [-0.1, -0.05) is 27.7 Å². The summed E-state index contributed by atoms with van der Waals surface area (Å²) >= 11 is 0. The quantitative estimate of drug-likeness (QED) is 0.274. The molecule has 0 saturated carbocycles. The Kier molecular flexibility index (Phi) is 13.5. The number of likely N-dealkylation sites (N-methyl/N-ethyl adjacent to an activating group) is 1. The molecule has 27 heavy (non-hydrogen) atoms. The molecule has 1 fully saturated rings. The van der Waals surface area contributed by atoms with E-state index in [1.807, 2.05) is 0 Å². The van der Waals surface area contributed by atoms with Crippen molar-refractivity contribution in [3.05, 3.63) is 0 Å². The van der Waals surface area contributed by atoms with Crippen LogP contribution in [0.25, 0.3) is 0 Å². The van der Waals surface area contributed by atoms with Crippen LogP contribution in [-0.2, 0) is 9.47 Å². The highest BCUT2D eigenvalue weighted by Crippen LogP contribution is 2.13. The third-order valence-corrected chi connectivity index (χ3v) is 5.01. The van der Waals surface area contributed by atoms with Crippen LogP contribution in [0, 0.1) is 11.8 Å². The summed E-state index contributed by atoms with van der Waals surface area (Å²) in [5.74, 6) is 2.20. The molecule has 0 aromatic carbocycles. The first-order chi connectivity index (χ1) is 13.1. The number of hydrogen-bond donors (Lipinski definition) is 2. The largest absolute Gasteiger partial charge is 0.381 e. The zero-order chi connectivity index (χ0) is 19.9. The summed E-state index contributed by atoms with van der Waals surface area (Å²) < 4.78 is 11.2. The van der Waals surface area contributed by atoms with Crippen molar-refractivity contribution in [2.24, 2.45) is 16.8 Å². The summed E-state index contributed by atoms with van der Waals surface area (Å²) in [6.45, 7) is 19.3. The molecule has 0 bridgehead atoms. The fraction of sp³-hybridized carbons (Fsp3) is 0.952. The SMILES string of the molecule is CCNC(=NCC(CC(C)C)N(CC)CC)NCCCOCC1CCOC1. The Balaban J connectivity index is 2.35. The van der Waals surface area contributed by atoms with E-state index < -0.39 is 0 Å². The summed E-state index contributed by atoms with van der Waals surface area (Å²) in [6, 6.07) is 0.507. The second kappa shape index (κ2) is 15.1. The van der Waals surface area contributed by atoms with Gasteiger partial charge in [0.05, 0.1) is 19.8 Å². The average molecular weight is 385 g/mol. The van der Waals surface area contributed by atoms with Gasteiger partial charge in [0.15, 0.2) is 5.96 Å². The van der Waals surface area contributed by atoms with Crippen LogP contribution in [0.2, 0.25) is 0 Å². The molecule has 6 heteroatoms. The topological polar surface area (TPSA) is 58.1 Å². The predicted molar refractivity (Wildman–Crippen MR) is 115 cm³/mol. The molecule has 0 radical (unpaired) electrons. The second-order valence-electron chi connectivity index (χ2n) is 7.81. The van der Waals surface area contributed by atoms with Gasteiger partial charge in [-0.15, -0.1) is 0 Å². The lowest BCUT2D eigenvalue weighted by Crippen LogP contribution is -2.42. The minimum Gasteiger partial charge on any atom is -0.381 e. The molecule has 0 amide bonds. The standard InChI is InChI=1S/C21H44N4O2/c1-6-22-21(23-11-9-12-26-16-19-10-13-27-17-19)24-15-20(14-18(4)5)25(7-2)8-3/h18-20H,6-17H2,1-5H3,(H2,22,23,24). The van der Waals surface area contributed by atoms with E-state index in [1.54, 1.807) is 0 Å². The normalized spacial score (nSPS) is 19.1. The highest BCUT2D eigenvalue weighted by Gasteiger charge is 2.17. The highest BCUT2D eigenvalue weighted by atomic mass is 16.5. The van der Waals surface area contributed by atoms with Gasteiger partial charge < -0.3 is 20.1 Å². The van der Waals surface area contributed by atoms with Gasteiger partial charge in [-0.05, 0) is 45.2 Å². The molecule has 2 N–H and O–H groups in total. The van der Waals surface area contributed by atoms with Gasteiger partial charge in [0.25, 0.3) is 0 Å². The van der Waals surface area contributed by atoms with Crippen molar-refractivity contribution >= 4 is 5.96 Å². The number of aliphatic imine (C=N–C) groups is 1. The van der Waals surface area contributed by atoms with E-state index in [4.69, 9.17) is 14.5 Å². The summed E-state index contributed by atoms with van der Waals surface area (Å²) in [5, 5.41) is 6.81. The van der Waals surface area contributed by atoms with E-state index >= 15 is 0 Å². The van der Waals surface area contributed by atoms with E-state index in [0.29, 0.717) is 17.9 Å². The van der Waals surface area contributed by atoms with Crippen LogP contribution in [0.4, 0.5) is 0 Å². The first-order valence-electron chi connectivity index (χ1n) is 11.0. The summed E-state index contributed by atoms with van der Waals surface area (Å²) in [5.41, 5.74) is 0. The van der Waals surface area contributed by atoms with Crippen molar-refractivity contribution in [1.82, 2.24) is 15.5 Å². The van der Waals surface area contributed by atoms with E-state index in [0.717, 1.165) is 78.0 Å². The summed E-state index contributed by atoms with van der Waals surface area (Å²) in [4.78, 5) is 7.38. The Bertz CT molecular complexity index is 380. The Morgan fingerprint density at radius 3 is 2.59 bits per heavy atom. The second-order valence-corrected chi connectivity index (χ2v) is 7.81. The summed E-state index contributed by atoms with van der Waals surface area (Å²) in [7, 11) is 0. The monoisotopic (exact) mass is 384 g/mol. The summed E-state index contributed by atoms with van der Waals surface area (Å²) in [6.07, 6.45) is 3.31. The lowest BCUT2D eigenvalue weighted by atomic mass is 10.0. The Labute approximate surface area is 167 Å². The van der Waals surface area contributed by atoms with Crippen LogP contribution < -0.4 is 10.6 Å². The van der Waals surface area contributed by atoms with Crippen molar-refractivity contribution < 1.29 is 9.47 Å². The van der Waals surface area contributed by atoms with Crippen molar-refractivity contribution in [1.29, 1.82) is 0 Å². The molecule has 1 rings (SSSR count). The maximum absolute atomic E-state index is 5.77. The van der Waals surface area contributed by atoms with Gasteiger partial charge in [-0.25, -0.2) is 0 Å². The Morgan fingerprint density at radius 1 is 1.22 bits per heavy atom. The molecule has 1 saturated heterocycles. The molecule has 1 heterocycles. The number of nitrogens with zero attached hydrogens (tertiary/aromatic N) is 2. The number of hydrogen-bond acceptors (Lipinski definition) is 4. The third-order valence-electron chi connectivity index (χ3n) is 5.01. The van der Waals surface area contributed by atoms with Crippen LogP contribution in [0.15, 0.2) is 4.99 Å². The molecule has 2 unspecified atom stereocenters. The minimum absolute atomic E-state index is 0.507. The zero-order valence-corrected chi connectivity index (χ0v) is 18.4. The van der Waals surface area contributed by atoms with Crippen LogP contribution >= 0.6 is 0 Å². The molecule has 1 aliphatic heterocycles. The Morgan fingerprint density at radius 2 is 2.00 bits per heavy atom. The molecule has 0 aromatic heterocycles. The van der Waals surface area contributed by atoms with Crippen molar-refractivity contribution in [2.75, 3.05) is 59.2 Å². The molecular formula is C21H44N4O2. The molecule has 1 aliphatic rings. The van der Waals surface area contributed by atoms with Crippen LogP contribution in [0.3, 0.4) is 0 Å². The van der Waals surface area contributed by atoms with E-state index in [9.17, 15) is 0 Å². The lowest BCUT2D eigenvalue weighted by molar-refractivity contribution is 0.0888. The van der Waals surface area contributed by atoms with Crippen molar-refractivity contribution in [3.63, 3.8) is 0 Å². The lowest BCUT2D eigenvalue weighted by Gasteiger charge is -2.30. The number of guanidine groups is 1.